The summed E-state index contributed by atoms with van der Waals surface area (Å²) in [5.41, 5.74) is 6.63. The largest absolute Gasteiger partial charge is 0.385 e. The zero-order valence-electron chi connectivity index (χ0n) is 4.03. The normalized spacial score (nSPS) is 9.00. The molecule has 0 fully saturated rings. The second kappa shape index (κ2) is 4.92. The number of nitrogens with one attached hydrogen (secondary N) is 1. The molecule has 37 valence electrons. The first-order valence-electron chi connectivity index (χ1n) is 2.05. The smallest absolute Gasteiger partial charge is 0.0474 e. The fourth-order valence-corrected chi connectivity index (χ4v) is 0.217. The first-order valence-corrected chi connectivity index (χ1v) is 2.05. The van der Waals surface area contributed by atoms with Crippen LogP contribution < -0.4 is 5.73 Å². The van der Waals surface area contributed by atoms with Gasteiger partial charge in [0.15, 0.2) is 0 Å². The van der Waals surface area contributed by atoms with Crippen molar-refractivity contribution in [2.75, 3.05) is 20.3 Å². The first kappa shape index (κ1) is 5.92. The van der Waals surface area contributed by atoms with Gasteiger partial charge in [-0.1, -0.05) is 0 Å². The quantitative estimate of drug-likeness (QED) is 0.457. The minimum Gasteiger partial charge on any atom is -0.385 e. The second-order valence-electron chi connectivity index (χ2n) is 1.10. The molecule has 0 aromatic rings. The number of hydrogen-bond acceptors (Lipinski definition) is 1. The van der Waals surface area contributed by atoms with E-state index in [-0.39, 0.29) is 0 Å². The maximum atomic E-state index is 6.63. The van der Waals surface area contributed by atoms with Crippen LogP contribution in [0.25, 0.3) is 0 Å². The van der Waals surface area contributed by atoms with Gasteiger partial charge in [0.2, 0.25) is 0 Å². The van der Waals surface area contributed by atoms with Gasteiger partial charge in [0.25, 0.3) is 0 Å². The maximum absolute atomic E-state index is 6.63. The molecule has 0 heterocycles. The molecule has 0 aliphatic rings. The van der Waals surface area contributed by atoms with Crippen LogP contribution >= 0.6 is 0 Å². The Labute approximate surface area is 38.3 Å². The fourth-order valence-electron chi connectivity index (χ4n) is 0.217. The molecule has 0 aromatic carbocycles. The van der Waals surface area contributed by atoms with Gasteiger partial charge in [0.1, 0.15) is 0 Å². The molecule has 2 heteroatoms. The molecular formula is C4H10NO. The van der Waals surface area contributed by atoms with Crippen molar-refractivity contribution >= 4 is 0 Å². The van der Waals surface area contributed by atoms with Crippen molar-refractivity contribution in [3.8, 4) is 0 Å². The minimum absolute atomic E-state index is 0.480. The molecule has 0 bridgehead atoms. The summed E-state index contributed by atoms with van der Waals surface area (Å²) in [4.78, 5) is 0. The Balaban J connectivity index is 2.34. The molecular weight excluding hydrogens is 78.0 g/mol. The van der Waals surface area contributed by atoms with Crippen LogP contribution in [0.2, 0.25) is 0 Å². The summed E-state index contributed by atoms with van der Waals surface area (Å²) in [5.74, 6) is 0. The van der Waals surface area contributed by atoms with Gasteiger partial charge < -0.3 is 4.74 Å². The molecule has 0 aliphatic heterocycles. The summed E-state index contributed by atoms with van der Waals surface area (Å²) in [7, 11) is 1.65. The molecule has 1 N–H and O–H groups in total. The van der Waals surface area contributed by atoms with Crippen LogP contribution in [0.3, 0.4) is 0 Å². The SMILES string of the molecule is COCCC[NH]. The molecule has 2 nitrogen and oxygen atoms in total. The predicted octanol–water partition coefficient (Wildman–Crippen LogP) is 0.306. The average Bonchev–Trinajstić information content (AvgIpc) is 1.61. The van der Waals surface area contributed by atoms with Crippen molar-refractivity contribution in [2.45, 2.75) is 6.42 Å². The van der Waals surface area contributed by atoms with Crippen molar-refractivity contribution in [3.05, 3.63) is 0 Å². The van der Waals surface area contributed by atoms with Crippen LogP contribution in [-0.4, -0.2) is 20.3 Å². The van der Waals surface area contributed by atoms with Gasteiger partial charge in [-0.05, 0) is 6.42 Å². The summed E-state index contributed by atoms with van der Waals surface area (Å²) >= 11 is 0. The molecule has 0 spiro atoms. The van der Waals surface area contributed by atoms with E-state index in [0.717, 1.165) is 13.0 Å². The lowest BCUT2D eigenvalue weighted by molar-refractivity contribution is 0.196. The minimum atomic E-state index is 0.480. The fraction of sp³-hybridized carbons (Fsp3) is 1.00. The topological polar surface area (TPSA) is 33.0 Å². The van der Waals surface area contributed by atoms with Crippen molar-refractivity contribution < 1.29 is 4.74 Å². The lowest BCUT2D eigenvalue weighted by Gasteiger charge is -1.89. The van der Waals surface area contributed by atoms with Crippen molar-refractivity contribution in [1.29, 1.82) is 0 Å². The highest BCUT2D eigenvalue weighted by Gasteiger charge is 1.75. The van der Waals surface area contributed by atoms with Crippen LogP contribution in [0.5, 0.6) is 0 Å². The Morgan fingerprint density at radius 3 is 2.50 bits per heavy atom. The van der Waals surface area contributed by atoms with Crippen LogP contribution in [0, 0.1) is 0 Å². The standard InChI is InChI=1S/C4H10NO/c1-6-4-2-3-5/h5H,2-4H2,1H3. The highest BCUT2D eigenvalue weighted by molar-refractivity contribution is 4.30. The molecule has 6 heavy (non-hydrogen) atoms. The number of ether oxygens (including phenoxy) is 1. The summed E-state index contributed by atoms with van der Waals surface area (Å²) in [5, 5.41) is 0. The van der Waals surface area contributed by atoms with Crippen molar-refractivity contribution in [2.24, 2.45) is 0 Å². The third-order valence-electron chi connectivity index (χ3n) is 0.525. The molecule has 0 atom stereocenters. The Morgan fingerprint density at radius 1 is 1.67 bits per heavy atom. The molecule has 0 amide bonds. The molecule has 0 saturated heterocycles. The van der Waals surface area contributed by atoms with E-state index in [1.54, 1.807) is 7.11 Å². The van der Waals surface area contributed by atoms with Gasteiger partial charge in [0, 0.05) is 20.3 Å². The van der Waals surface area contributed by atoms with Crippen molar-refractivity contribution in [1.82, 2.24) is 5.73 Å². The highest BCUT2D eigenvalue weighted by atomic mass is 16.5. The van der Waals surface area contributed by atoms with E-state index in [4.69, 9.17) is 5.73 Å². The Morgan fingerprint density at radius 2 is 2.33 bits per heavy atom. The Bertz CT molecular complexity index is 19.5. The maximum Gasteiger partial charge on any atom is 0.0474 e. The van der Waals surface area contributed by atoms with E-state index >= 15 is 0 Å². The summed E-state index contributed by atoms with van der Waals surface area (Å²) in [6.07, 6.45) is 0.858. The number of rotatable bonds is 3. The van der Waals surface area contributed by atoms with Crippen LogP contribution in [0.1, 0.15) is 6.42 Å². The van der Waals surface area contributed by atoms with E-state index in [2.05, 4.69) is 4.74 Å². The van der Waals surface area contributed by atoms with Crippen molar-refractivity contribution in [3.63, 3.8) is 0 Å². The Hall–Kier alpha value is -0.0800. The lowest BCUT2D eigenvalue weighted by atomic mass is 10.5. The molecule has 1 radical (unpaired) electrons. The molecule has 0 rings (SSSR count). The van der Waals surface area contributed by atoms with Crippen LogP contribution in [-0.2, 0) is 4.74 Å². The van der Waals surface area contributed by atoms with Gasteiger partial charge >= 0.3 is 0 Å². The average molecular weight is 88.1 g/mol. The lowest BCUT2D eigenvalue weighted by Crippen LogP contribution is -1.92. The van der Waals surface area contributed by atoms with E-state index in [9.17, 15) is 0 Å². The summed E-state index contributed by atoms with van der Waals surface area (Å²) in [6, 6.07) is 0. The second-order valence-corrected chi connectivity index (χ2v) is 1.10. The third-order valence-corrected chi connectivity index (χ3v) is 0.525. The molecule has 0 unspecified atom stereocenters. The number of hydrogen-bond donors (Lipinski definition) is 0. The Kier molecular flexibility index (Phi) is 4.85. The highest BCUT2D eigenvalue weighted by Crippen LogP contribution is 1.72. The van der Waals surface area contributed by atoms with Gasteiger partial charge in [-0.2, -0.15) is 0 Å². The van der Waals surface area contributed by atoms with Gasteiger partial charge in [-0.25, -0.2) is 0 Å². The third kappa shape index (κ3) is 3.92. The van der Waals surface area contributed by atoms with Crippen LogP contribution in [0.15, 0.2) is 0 Å². The van der Waals surface area contributed by atoms with E-state index in [1.165, 1.54) is 0 Å². The van der Waals surface area contributed by atoms with E-state index < -0.39 is 0 Å². The van der Waals surface area contributed by atoms with Gasteiger partial charge in [-0.3, -0.25) is 5.73 Å². The molecule has 0 aliphatic carbocycles. The zero-order chi connectivity index (χ0) is 4.83. The molecule has 0 aromatic heterocycles. The van der Waals surface area contributed by atoms with Gasteiger partial charge in [-0.15, -0.1) is 0 Å². The number of methoxy groups -OCH3 is 1. The predicted molar refractivity (Wildman–Crippen MR) is 24.5 cm³/mol. The van der Waals surface area contributed by atoms with Crippen LogP contribution in [0.4, 0.5) is 0 Å². The first-order chi connectivity index (χ1) is 2.91. The van der Waals surface area contributed by atoms with Gasteiger partial charge in [0.05, 0.1) is 0 Å². The summed E-state index contributed by atoms with van der Waals surface area (Å²) in [6.45, 7) is 1.21. The van der Waals surface area contributed by atoms with E-state index in [0.29, 0.717) is 6.54 Å². The van der Waals surface area contributed by atoms with E-state index in [1.807, 2.05) is 0 Å². The zero-order valence-corrected chi connectivity index (χ0v) is 4.03. The molecule has 0 saturated carbocycles. The summed E-state index contributed by atoms with van der Waals surface area (Å²) < 4.78 is 4.66. The monoisotopic (exact) mass is 88.1 g/mol.